The number of nitrogens with zero attached hydrogens (tertiary/aromatic N) is 2. The first-order chi connectivity index (χ1) is 17.2. The van der Waals surface area contributed by atoms with Crippen molar-refractivity contribution in [3.05, 3.63) is 95.2 Å². The van der Waals surface area contributed by atoms with Crippen LogP contribution >= 0.6 is 0 Å². The van der Waals surface area contributed by atoms with Gasteiger partial charge in [0.15, 0.2) is 5.78 Å². The third-order valence-electron chi connectivity index (χ3n) is 6.05. The van der Waals surface area contributed by atoms with Crippen molar-refractivity contribution in [2.24, 2.45) is 5.73 Å². The van der Waals surface area contributed by atoms with E-state index in [1.807, 2.05) is 24.3 Å². The summed E-state index contributed by atoms with van der Waals surface area (Å²) >= 11 is 0. The van der Waals surface area contributed by atoms with Gasteiger partial charge in [0.2, 0.25) is 5.91 Å². The van der Waals surface area contributed by atoms with Crippen LogP contribution in [-0.2, 0) is 4.79 Å². The molecule has 4 N–H and O–H groups in total. The molecule has 0 radical (unpaired) electrons. The second-order valence-electron chi connectivity index (χ2n) is 8.96. The summed E-state index contributed by atoms with van der Waals surface area (Å²) in [6.07, 6.45) is 1.67. The topological polar surface area (TPSA) is 108 Å². The van der Waals surface area contributed by atoms with Crippen molar-refractivity contribution in [3.8, 4) is 0 Å². The first-order valence-corrected chi connectivity index (χ1v) is 11.6. The van der Waals surface area contributed by atoms with Crippen LogP contribution in [0.1, 0.15) is 31.8 Å². The predicted octanol–water partition coefficient (Wildman–Crippen LogP) is 3.42. The highest BCUT2D eigenvalue weighted by molar-refractivity contribution is 6.32. The highest BCUT2D eigenvalue weighted by Gasteiger charge is 2.25. The number of nitrogens with two attached hydrogens (primary N) is 1. The van der Waals surface area contributed by atoms with Gasteiger partial charge in [-0.1, -0.05) is 24.3 Å². The number of hydrogen-bond acceptors (Lipinski definition) is 6. The zero-order valence-electron chi connectivity index (χ0n) is 20.5. The van der Waals surface area contributed by atoms with E-state index in [2.05, 4.69) is 41.6 Å². The van der Waals surface area contributed by atoms with Crippen LogP contribution in [0.3, 0.4) is 0 Å². The fourth-order valence-electron chi connectivity index (χ4n) is 3.91. The number of amides is 2. The number of anilines is 3. The van der Waals surface area contributed by atoms with Gasteiger partial charge in [-0.15, -0.1) is 0 Å². The van der Waals surface area contributed by atoms with Crippen molar-refractivity contribution in [1.82, 2.24) is 4.90 Å². The average Bonchev–Trinajstić information content (AvgIpc) is 3.19. The van der Waals surface area contributed by atoms with Crippen molar-refractivity contribution in [1.29, 1.82) is 0 Å². The molecule has 0 atom stereocenters. The zero-order chi connectivity index (χ0) is 25.8. The quantitative estimate of drug-likeness (QED) is 0.318. The third kappa shape index (κ3) is 5.45. The Morgan fingerprint density at radius 1 is 0.917 bits per heavy atom. The maximum absolute atomic E-state index is 12.9. The number of rotatable bonds is 9. The highest BCUT2D eigenvalue weighted by Crippen LogP contribution is 2.33. The van der Waals surface area contributed by atoms with Gasteiger partial charge in [-0.2, -0.15) is 0 Å². The summed E-state index contributed by atoms with van der Waals surface area (Å²) in [5, 5.41) is 6.02. The van der Waals surface area contributed by atoms with E-state index >= 15 is 0 Å². The Bertz CT molecular complexity index is 1350. The monoisotopic (exact) mass is 483 g/mol. The third-order valence-corrected chi connectivity index (χ3v) is 6.05. The Morgan fingerprint density at radius 3 is 2.31 bits per heavy atom. The summed E-state index contributed by atoms with van der Waals surface area (Å²) in [6.45, 7) is 1.88. The van der Waals surface area contributed by atoms with E-state index in [9.17, 15) is 14.4 Å². The Morgan fingerprint density at radius 2 is 1.61 bits per heavy atom. The molecule has 0 spiro atoms. The number of hydrogen-bond donors (Lipinski definition) is 3. The molecule has 0 fully saturated rings. The molecule has 0 saturated carbocycles. The van der Waals surface area contributed by atoms with Gasteiger partial charge in [0, 0.05) is 65.7 Å². The first-order valence-electron chi connectivity index (χ1n) is 11.6. The van der Waals surface area contributed by atoms with Crippen LogP contribution < -0.4 is 21.3 Å². The number of likely N-dealkylation sites (N-methyl/N-ethyl adjacent to an activating group) is 2. The van der Waals surface area contributed by atoms with Gasteiger partial charge in [0.05, 0.1) is 5.57 Å². The van der Waals surface area contributed by atoms with Gasteiger partial charge in [-0.05, 0) is 56.6 Å². The van der Waals surface area contributed by atoms with E-state index in [1.54, 1.807) is 42.6 Å². The van der Waals surface area contributed by atoms with Crippen molar-refractivity contribution >= 4 is 40.2 Å². The van der Waals surface area contributed by atoms with E-state index < -0.39 is 5.91 Å². The van der Waals surface area contributed by atoms with E-state index in [1.165, 1.54) is 6.07 Å². The molecule has 1 heterocycles. The standard InChI is InChI=1S/C28H29N5O3/c1-32(2)13-14-33(3)22-10-8-21(9-11-22)30-17-24-23-12-7-19(16-25(23)31-28(24)36)26(34)18-5-4-6-20(15-18)27(29)35/h4-12,15-17,30H,13-14H2,1-3H3,(H2,29,35)(H,31,36). The zero-order valence-corrected chi connectivity index (χ0v) is 20.5. The van der Waals surface area contributed by atoms with Crippen molar-refractivity contribution in [2.75, 3.05) is 49.8 Å². The molecule has 2 amide bonds. The Labute approximate surface area is 210 Å². The number of carbonyl (C=O) groups excluding carboxylic acids is 3. The number of fused-ring (bicyclic) bond motifs is 1. The molecule has 0 saturated heterocycles. The fourth-order valence-corrected chi connectivity index (χ4v) is 3.91. The number of primary amides is 1. The minimum absolute atomic E-state index is 0.252. The van der Waals surface area contributed by atoms with Gasteiger partial charge >= 0.3 is 0 Å². The summed E-state index contributed by atoms with van der Waals surface area (Å²) in [5.74, 6) is -1.11. The van der Waals surface area contributed by atoms with E-state index in [0.29, 0.717) is 28.0 Å². The van der Waals surface area contributed by atoms with Gasteiger partial charge < -0.3 is 26.2 Å². The van der Waals surface area contributed by atoms with Gasteiger partial charge in [-0.25, -0.2) is 0 Å². The lowest BCUT2D eigenvalue weighted by molar-refractivity contribution is -0.110. The van der Waals surface area contributed by atoms with Crippen LogP contribution in [0.15, 0.2) is 72.9 Å². The molecule has 36 heavy (non-hydrogen) atoms. The maximum Gasteiger partial charge on any atom is 0.257 e. The molecule has 0 aliphatic carbocycles. The van der Waals surface area contributed by atoms with Crippen LogP contribution in [0, 0.1) is 0 Å². The minimum atomic E-state index is -0.598. The molecule has 0 aromatic heterocycles. The SMILES string of the molecule is CN(C)CCN(C)c1ccc(NC=C2C(=O)Nc3cc(C(=O)c4cccc(C(N)=O)c4)ccc32)cc1. The minimum Gasteiger partial charge on any atom is -0.373 e. The lowest BCUT2D eigenvalue weighted by Crippen LogP contribution is -2.28. The molecule has 3 aromatic rings. The fraction of sp³-hybridized carbons (Fsp3) is 0.179. The van der Waals surface area contributed by atoms with Gasteiger partial charge in [-0.3, -0.25) is 14.4 Å². The summed E-state index contributed by atoms with van der Waals surface area (Å²) in [7, 11) is 6.16. The van der Waals surface area contributed by atoms with E-state index in [0.717, 1.165) is 24.5 Å². The van der Waals surface area contributed by atoms with E-state index in [-0.39, 0.29) is 17.3 Å². The molecule has 8 nitrogen and oxygen atoms in total. The molecular formula is C28H29N5O3. The largest absolute Gasteiger partial charge is 0.373 e. The van der Waals surface area contributed by atoms with Crippen molar-refractivity contribution in [3.63, 3.8) is 0 Å². The second kappa shape index (κ2) is 10.5. The lowest BCUT2D eigenvalue weighted by atomic mass is 9.98. The Kier molecular flexibility index (Phi) is 7.17. The number of carbonyl (C=O) groups is 3. The number of nitrogens with one attached hydrogen (secondary N) is 2. The number of ketones is 1. The van der Waals surface area contributed by atoms with Crippen LogP contribution in [0.25, 0.3) is 5.57 Å². The molecule has 0 bridgehead atoms. The smallest absolute Gasteiger partial charge is 0.257 e. The first kappa shape index (κ1) is 24.7. The molecule has 3 aromatic carbocycles. The van der Waals surface area contributed by atoms with Crippen LogP contribution in [0.2, 0.25) is 0 Å². The van der Waals surface area contributed by atoms with Crippen molar-refractivity contribution < 1.29 is 14.4 Å². The maximum atomic E-state index is 12.9. The van der Waals surface area contributed by atoms with Crippen LogP contribution in [0.5, 0.6) is 0 Å². The highest BCUT2D eigenvalue weighted by atomic mass is 16.2. The van der Waals surface area contributed by atoms with Crippen molar-refractivity contribution in [2.45, 2.75) is 0 Å². The Balaban J connectivity index is 1.48. The molecule has 0 unspecified atom stereocenters. The Hall–Kier alpha value is -4.43. The van der Waals surface area contributed by atoms with Gasteiger partial charge in [0.1, 0.15) is 0 Å². The summed E-state index contributed by atoms with van der Waals surface area (Å²) in [4.78, 5) is 41.3. The molecule has 8 heteroatoms. The normalized spacial score (nSPS) is 13.4. The predicted molar refractivity (Wildman–Crippen MR) is 143 cm³/mol. The molecule has 184 valence electrons. The second-order valence-corrected chi connectivity index (χ2v) is 8.96. The molecule has 1 aliphatic rings. The summed E-state index contributed by atoms with van der Waals surface area (Å²) in [6, 6.07) is 19.3. The van der Waals surface area contributed by atoms with E-state index in [4.69, 9.17) is 5.73 Å². The lowest BCUT2D eigenvalue weighted by Gasteiger charge is -2.21. The molecule has 1 aliphatic heterocycles. The summed E-state index contributed by atoms with van der Waals surface area (Å²) < 4.78 is 0. The van der Waals surface area contributed by atoms with Crippen LogP contribution in [0.4, 0.5) is 17.1 Å². The molecular weight excluding hydrogens is 454 g/mol. The average molecular weight is 484 g/mol. The van der Waals surface area contributed by atoms with Crippen LogP contribution in [-0.4, -0.2) is 56.7 Å². The molecule has 4 rings (SSSR count). The summed E-state index contributed by atoms with van der Waals surface area (Å²) in [5.41, 5.74) is 10.0. The van der Waals surface area contributed by atoms with Gasteiger partial charge in [0.25, 0.3) is 5.91 Å². The number of benzene rings is 3.